The van der Waals surface area contributed by atoms with Crippen molar-refractivity contribution in [1.82, 2.24) is 15.2 Å². The van der Waals surface area contributed by atoms with Gasteiger partial charge in [-0.15, -0.1) is 0 Å². The molecule has 1 aliphatic rings. The van der Waals surface area contributed by atoms with E-state index >= 15 is 0 Å². The van der Waals surface area contributed by atoms with Crippen LogP contribution in [0.1, 0.15) is 18.5 Å². The number of ether oxygens (including phenoxy) is 1. The van der Waals surface area contributed by atoms with Crippen LogP contribution in [0.15, 0.2) is 54.7 Å². The van der Waals surface area contributed by atoms with Gasteiger partial charge in [0.1, 0.15) is 28.5 Å². The third-order valence-electron chi connectivity index (χ3n) is 5.74. The SMILES string of the molecule is Cc1[nH]nc2nccc(Oc3ccc(NC(=O)C4(C(=O)Nc5ccc(F)cc5)CC4)c(F)c3)c12. The van der Waals surface area contributed by atoms with Gasteiger partial charge in [-0.1, -0.05) is 0 Å². The van der Waals surface area contributed by atoms with Crippen molar-refractivity contribution in [1.29, 1.82) is 0 Å². The van der Waals surface area contributed by atoms with Crippen LogP contribution >= 0.6 is 0 Å². The van der Waals surface area contributed by atoms with E-state index in [1.807, 2.05) is 6.92 Å². The number of hydrogen-bond donors (Lipinski definition) is 3. The van der Waals surface area contributed by atoms with Gasteiger partial charge in [0.2, 0.25) is 11.8 Å². The van der Waals surface area contributed by atoms with Crippen LogP contribution in [0, 0.1) is 24.0 Å². The van der Waals surface area contributed by atoms with E-state index in [9.17, 15) is 18.4 Å². The molecule has 0 aliphatic heterocycles. The third kappa shape index (κ3) is 3.94. The molecule has 4 aromatic rings. The normalized spacial score (nSPS) is 14.0. The third-order valence-corrected chi connectivity index (χ3v) is 5.74. The molecular formula is C24H19F2N5O3. The smallest absolute Gasteiger partial charge is 0.240 e. The number of halogens is 2. The van der Waals surface area contributed by atoms with E-state index in [-0.39, 0.29) is 11.4 Å². The summed E-state index contributed by atoms with van der Waals surface area (Å²) >= 11 is 0. The zero-order valence-corrected chi connectivity index (χ0v) is 18.0. The number of amides is 2. The number of benzene rings is 2. The Kier molecular flexibility index (Phi) is 5.20. The summed E-state index contributed by atoms with van der Waals surface area (Å²) < 4.78 is 33.7. The predicted molar refractivity (Wildman–Crippen MR) is 120 cm³/mol. The molecule has 0 radical (unpaired) electrons. The van der Waals surface area contributed by atoms with Crippen molar-refractivity contribution in [2.45, 2.75) is 19.8 Å². The Morgan fingerprint density at radius 2 is 1.76 bits per heavy atom. The van der Waals surface area contributed by atoms with Crippen LogP contribution < -0.4 is 15.4 Å². The van der Waals surface area contributed by atoms with Gasteiger partial charge in [-0.05, 0) is 62.2 Å². The summed E-state index contributed by atoms with van der Waals surface area (Å²) in [5.41, 5.74) is 0.246. The Hall–Kier alpha value is -4.34. The number of carbonyl (C=O) groups is 2. The lowest BCUT2D eigenvalue weighted by Crippen LogP contribution is -2.35. The standard InChI is InChI=1S/C24H19F2N5O3/c1-13-20-19(8-11-27-21(20)31-30-13)34-16-6-7-18(17(26)12-16)29-23(33)24(9-10-24)22(32)28-15-4-2-14(25)3-5-15/h2-8,11-12H,9-10H2,1H3,(H,28,32)(H,29,33)(H,27,30,31). The van der Waals surface area contributed by atoms with Crippen molar-refractivity contribution in [3.63, 3.8) is 0 Å². The van der Waals surface area contributed by atoms with Gasteiger partial charge in [-0.25, -0.2) is 13.8 Å². The van der Waals surface area contributed by atoms with E-state index in [1.165, 1.54) is 42.6 Å². The van der Waals surface area contributed by atoms with E-state index in [1.54, 1.807) is 6.07 Å². The summed E-state index contributed by atoms with van der Waals surface area (Å²) in [5.74, 6) is -1.60. The monoisotopic (exact) mass is 463 g/mol. The van der Waals surface area contributed by atoms with Gasteiger partial charge < -0.3 is 15.4 Å². The van der Waals surface area contributed by atoms with Crippen LogP contribution in [0.3, 0.4) is 0 Å². The predicted octanol–water partition coefficient (Wildman–Crippen LogP) is 4.69. The number of H-pyrrole nitrogens is 1. The molecule has 0 saturated heterocycles. The second-order valence-electron chi connectivity index (χ2n) is 8.10. The number of fused-ring (bicyclic) bond motifs is 1. The summed E-state index contributed by atoms with van der Waals surface area (Å²) in [6, 6.07) is 10.9. The van der Waals surface area contributed by atoms with E-state index in [4.69, 9.17) is 4.74 Å². The molecule has 8 nitrogen and oxygen atoms in total. The second-order valence-corrected chi connectivity index (χ2v) is 8.10. The topological polar surface area (TPSA) is 109 Å². The average Bonchev–Trinajstić information content (AvgIpc) is 3.55. The van der Waals surface area contributed by atoms with Crippen LogP contribution in [-0.2, 0) is 9.59 Å². The summed E-state index contributed by atoms with van der Waals surface area (Å²) in [7, 11) is 0. The first-order valence-corrected chi connectivity index (χ1v) is 10.5. The molecule has 0 atom stereocenters. The fourth-order valence-corrected chi connectivity index (χ4v) is 3.64. The number of carbonyl (C=O) groups excluding carboxylic acids is 2. The van der Waals surface area contributed by atoms with Gasteiger partial charge in [0, 0.05) is 23.6 Å². The van der Waals surface area contributed by atoms with Crippen LogP contribution in [0.4, 0.5) is 20.2 Å². The minimum absolute atomic E-state index is 0.0717. The molecule has 2 amide bonds. The zero-order valence-electron chi connectivity index (χ0n) is 18.0. The second kappa shape index (κ2) is 8.22. The Morgan fingerprint density at radius 1 is 1.03 bits per heavy atom. The molecule has 0 spiro atoms. The van der Waals surface area contributed by atoms with Crippen molar-refractivity contribution < 1.29 is 23.1 Å². The van der Waals surface area contributed by atoms with Crippen molar-refractivity contribution in [2.24, 2.45) is 5.41 Å². The molecule has 2 heterocycles. The number of nitrogens with one attached hydrogen (secondary N) is 3. The van der Waals surface area contributed by atoms with Crippen LogP contribution in [0.25, 0.3) is 11.0 Å². The number of nitrogens with zero attached hydrogens (tertiary/aromatic N) is 2. The van der Waals surface area contributed by atoms with Crippen molar-refractivity contribution in [2.75, 3.05) is 10.6 Å². The highest BCUT2D eigenvalue weighted by molar-refractivity contribution is 6.16. The number of pyridine rings is 1. The fraction of sp³-hybridized carbons (Fsp3) is 0.167. The molecular weight excluding hydrogens is 444 g/mol. The number of rotatable bonds is 6. The maximum Gasteiger partial charge on any atom is 0.240 e. The largest absolute Gasteiger partial charge is 0.456 e. The van der Waals surface area contributed by atoms with E-state index in [0.717, 1.165) is 11.8 Å². The number of aryl methyl sites for hydroxylation is 1. The Morgan fingerprint density at radius 3 is 2.47 bits per heavy atom. The van der Waals surface area contributed by atoms with Gasteiger partial charge in [0.05, 0.1) is 11.1 Å². The number of aromatic nitrogens is 3. The van der Waals surface area contributed by atoms with Gasteiger partial charge in [-0.3, -0.25) is 14.7 Å². The molecule has 10 heteroatoms. The lowest BCUT2D eigenvalue weighted by Gasteiger charge is -2.16. The maximum absolute atomic E-state index is 14.8. The first-order chi connectivity index (χ1) is 16.4. The van der Waals surface area contributed by atoms with Crippen molar-refractivity contribution >= 4 is 34.2 Å². The highest BCUT2D eigenvalue weighted by Crippen LogP contribution is 2.47. The van der Waals surface area contributed by atoms with Crippen LogP contribution in [0.5, 0.6) is 11.5 Å². The molecule has 3 N–H and O–H groups in total. The Bertz CT molecular complexity index is 1410. The molecule has 2 aromatic heterocycles. The first kappa shape index (κ1) is 21.5. The molecule has 34 heavy (non-hydrogen) atoms. The summed E-state index contributed by atoms with van der Waals surface area (Å²) in [4.78, 5) is 29.6. The zero-order chi connectivity index (χ0) is 23.9. The molecule has 1 fully saturated rings. The van der Waals surface area contributed by atoms with Gasteiger partial charge >= 0.3 is 0 Å². The number of aromatic amines is 1. The first-order valence-electron chi connectivity index (χ1n) is 10.5. The van der Waals surface area contributed by atoms with Gasteiger partial charge in [0.25, 0.3) is 0 Å². The highest BCUT2D eigenvalue weighted by atomic mass is 19.1. The summed E-state index contributed by atoms with van der Waals surface area (Å²) in [6.07, 6.45) is 2.20. The van der Waals surface area contributed by atoms with E-state index < -0.39 is 28.9 Å². The molecule has 2 aromatic carbocycles. The molecule has 5 rings (SSSR count). The Labute approximate surface area is 192 Å². The van der Waals surface area contributed by atoms with E-state index in [0.29, 0.717) is 35.3 Å². The number of hydrogen-bond acceptors (Lipinski definition) is 5. The molecule has 0 bridgehead atoms. The maximum atomic E-state index is 14.8. The fourth-order valence-electron chi connectivity index (χ4n) is 3.64. The lowest BCUT2D eigenvalue weighted by atomic mass is 10.0. The average molecular weight is 463 g/mol. The van der Waals surface area contributed by atoms with Gasteiger partial charge in [-0.2, -0.15) is 5.10 Å². The van der Waals surface area contributed by atoms with Gasteiger partial charge in [0.15, 0.2) is 5.65 Å². The Balaban J connectivity index is 1.29. The van der Waals surface area contributed by atoms with E-state index in [2.05, 4.69) is 25.8 Å². The summed E-state index contributed by atoms with van der Waals surface area (Å²) in [6.45, 7) is 1.82. The van der Waals surface area contributed by atoms with Crippen molar-refractivity contribution in [3.8, 4) is 11.5 Å². The molecule has 0 unspecified atom stereocenters. The molecule has 1 aliphatic carbocycles. The minimum atomic E-state index is -1.29. The van der Waals surface area contributed by atoms with Crippen LogP contribution in [0.2, 0.25) is 0 Å². The quantitative estimate of drug-likeness (QED) is 0.359. The number of anilines is 2. The molecule has 1 saturated carbocycles. The van der Waals surface area contributed by atoms with Crippen molar-refractivity contribution in [3.05, 3.63) is 72.1 Å². The minimum Gasteiger partial charge on any atom is -0.456 e. The highest BCUT2D eigenvalue weighted by Gasteiger charge is 2.56. The van der Waals surface area contributed by atoms with Crippen LogP contribution in [-0.4, -0.2) is 27.0 Å². The summed E-state index contributed by atoms with van der Waals surface area (Å²) in [5, 5.41) is 12.7. The lowest BCUT2D eigenvalue weighted by molar-refractivity contribution is -0.131. The molecule has 172 valence electrons.